The molecule has 0 fully saturated rings. The van der Waals surface area contributed by atoms with Gasteiger partial charge in [0.25, 0.3) is 0 Å². The van der Waals surface area contributed by atoms with Crippen molar-refractivity contribution < 1.29 is 13.2 Å². The average molecular weight is 285 g/mol. The molecule has 1 unspecified atom stereocenters. The molecule has 4 nitrogen and oxygen atoms in total. The molecule has 19 heavy (non-hydrogen) atoms. The topological polar surface area (TPSA) is 69.4 Å². The third-order valence-electron chi connectivity index (χ3n) is 3.12. The average Bonchev–Trinajstić information content (AvgIpc) is 2.36. The minimum Gasteiger partial charge on any atom is -0.497 e. The predicted molar refractivity (Wildman–Crippen MR) is 78.2 cm³/mol. The quantitative estimate of drug-likeness (QED) is 0.788. The third kappa shape index (κ3) is 6.59. The van der Waals surface area contributed by atoms with Crippen LogP contribution in [0.2, 0.25) is 0 Å². The van der Waals surface area contributed by atoms with Crippen LogP contribution in [-0.4, -0.2) is 34.1 Å². The van der Waals surface area contributed by atoms with Crippen molar-refractivity contribution in [3.63, 3.8) is 0 Å². The molecule has 0 heterocycles. The lowest BCUT2D eigenvalue weighted by molar-refractivity contribution is 0.413. The van der Waals surface area contributed by atoms with E-state index in [-0.39, 0.29) is 5.75 Å². The van der Waals surface area contributed by atoms with Crippen LogP contribution in [0.1, 0.15) is 18.4 Å². The van der Waals surface area contributed by atoms with Crippen molar-refractivity contribution >= 4 is 9.84 Å². The molecule has 1 aromatic carbocycles. The molecule has 0 aliphatic heterocycles. The van der Waals surface area contributed by atoms with Crippen molar-refractivity contribution in [1.82, 2.24) is 0 Å². The number of methoxy groups -OCH3 is 1. The number of hydrogen-bond acceptors (Lipinski definition) is 4. The van der Waals surface area contributed by atoms with Gasteiger partial charge in [-0.1, -0.05) is 12.1 Å². The molecule has 0 aromatic heterocycles. The van der Waals surface area contributed by atoms with Crippen LogP contribution in [0.25, 0.3) is 0 Å². The van der Waals surface area contributed by atoms with E-state index < -0.39 is 9.84 Å². The van der Waals surface area contributed by atoms with Crippen molar-refractivity contribution in [2.45, 2.75) is 19.3 Å². The molecule has 0 aliphatic rings. The van der Waals surface area contributed by atoms with E-state index in [1.165, 1.54) is 11.8 Å². The molecular weight excluding hydrogens is 262 g/mol. The molecule has 1 aromatic rings. The van der Waals surface area contributed by atoms with Gasteiger partial charge in [0, 0.05) is 12.0 Å². The van der Waals surface area contributed by atoms with Crippen LogP contribution >= 0.6 is 0 Å². The van der Waals surface area contributed by atoms with Gasteiger partial charge in [-0.25, -0.2) is 8.42 Å². The van der Waals surface area contributed by atoms with Gasteiger partial charge >= 0.3 is 0 Å². The predicted octanol–water partition coefficient (Wildman–Crippen LogP) is 1.64. The van der Waals surface area contributed by atoms with Crippen LogP contribution in [0.4, 0.5) is 0 Å². The number of hydrogen-bond donors (Lipinski definition) is 1. The minimum atomic E-state index is -2.87. The Hall–Kier alpha value is -1.07. The molecule has 0 radical (unpaired) electrons. The van der Waals surface area contributed by atoms with Crippen LogP contribution in [0.5, 0.6) is 5.75 Å². The normalized spacial score (nSPS) is 13.2. The Morgan fingerprint density at radius 3 is 2.68 bits per heavy atom. The highest BCUT2D eigenvalue weighted by Gasteiger charge is 2.10. The highest BCUT2D eigenvalue weighted by Crippen LogP contribution is 2.18. The monoisotopic (exact) mass is 285 g/mol. The molecule has 0 aliphatic carbocycles. The van der Waals surface area contributed by atoms with Gasteiger partial charge in [-0.3, -0.25) is 0 Å². The summed E-state index contributed by atoms with van der Waals surface area (Å²) in [5, 5.41) is 0. The lowest BCUT2D eigenvalue weighted by atomic mass is 9.95. The third-order valence-corrected chi connectivity index (χ3v) is 4.15. The zero-order valence-corrected chi connectivity index (χ0v) is 12.4. The van der Waals surface area contributed by atoms with Gasteiger partial charge in [0.1, 0.15) is 15.6 Å². The van der Waals surface area contributed by atoms with Crippen LogP contribution < -0.4 is 10.5 Å². The van der Waals surface area contributed by atoms with E-state index in [0.717, 1.165) is 18.6 Å². The summed E-state index contributed by atoms with van der Waals surface area (Å²) in [6.45, 7) is 0.570. The smallest absolute Gasteiger partial charge is 0.147 e. The van der Waals surface area contributed by atoms with Crippen molar-refractivity contribution in [3.8, 4) is 5.75 Å². The first-order chi connectivity index (χ1) is 8.94. The van der Waals surface area contributed by atoms with Gasteiger partial charge in [0.15, 0.2) is 0 Å². The van der Waals surface area contributed by atoms with Crippen molar-refractivity contribution in [2.24, 2.45) is 11.7 Å². The lowest BCUT2D eigenvalue weighted by Crippen LogP contribution is -2.18. The fraction of sp³-hybridized carbons (Fsp3) is 0.571. The summed E-state index contributed by atoms with van der Waals surface area (Å²) >= 11 is 0. The summed E-state index contributed by atoms with van der Waals surface area (Å²) in [5.74, 6) is 1.39. The van der Waals surface area contributed by atoms with E-state index in [1.54, 1.807) is 7.11 Å². The van der Waals surface area contributed by atoms with Crippen LogP contribution in [-0.2, 0) is 16.3 Å². The molecule has 0 bridgehead atoms. The summed E-state index contributed by atoms with van der Waals surface area (Å²) in [6.07, 6.45) is 3.63. The highest BCUT2D eigenvalue weighted by atomic mass is 32.2. The summed E-state index contributed by atoms with van der Waals surface area (Å²) in [6, 6.07) is 7.91. The Labute approximate surface area is 115 Å². The maximum atomic E-state index is 11.1. The standard InChI is InChI=1S/C14H23NO3S/c1-18-14-7-3-5-12(10-14)9-13(11-15)6-4-8-19(2,16)17/h3,5,7,10,13H,4,6,8-9,11,15H2,1-2H3. The fourth-order valence-corrected chi connectivity index (χ4v) is 2.76. The highest BCUT2D eigenvalue weighted by molar-refractivity contribution is 7.90. The molecule has 108 valence electrons. The zero-order valence-electron chi connectivity index (χ0n) is 11.6. The molecule has 1 rings (SSSR count). The maximum absolute atomic E-state index is 11.1. The van der Waals surface area contributed by atoms with Gasteiger partial charge in [0.2, 0.25) is 0 Å². The molecule has 0 saturated carbocycles. The van der Waals surface area contributed by atoms with Crippen molar-refractivity contribution in [3.05, 3.63) is 29.8 Å². The van der Waals surface area contributed by atoms with Crippen molar-refractivity contribution in [1.29, 1.82) is 0 Å². The van der Waals surface area contributed by atoms with Gasteiger partial charge in [-0.15, -0.1) is 0 Å². The second-order valence-electron chi connectivity index (χ2n) is 4.93. The second-order valence-corrected chi connectivity index (χ2v) is 7.19. The maximum Gasteiger partial charge on any atom is 0.147 e. The number of nitrogens with two attached hydrogens (primary N) is 1. The lowest BCUT2D eigenvalue weighted by Gasteiger charge is -2.15. The van der Waals surface area contributed by atoms with E-state index in [4.69, 9.17) is 10.5 Å². The Morgan fingerprint density at radius 1 is 1.37 bits per heavy atom. The summed E-state index contributed by atoms with van der Waals surface area (Å²) in [4.78, 5) is 0. The number of benzene rings is 1. The molecule has 0 amide bonds. The largest absolute Gasteiger partial charge is 0.497 e. The van der Waals surface area contributed by atoms with E-state index in [2.05, 4.69) is 0 Å². The summed E-state index contributed by atoms with van der Waals surface area (Å²) in [7, 11) is -1.23. The SMILES string of the molecule is COc1cccc(CC(CN)CCCS(C)(=O)=O)c1. The Bertz CT molecular complexity index is 485. The first kappa shape index (κ1) is 16.0. The Balaban J connectivity index is 2.51. The molecule has 0 spiro atoms. The molecule has 1 atom stereocenters. The van der Waals surface area contributed by atoms with Crippen LogP contribution in [0.15, 0.2) is 24.3 Å². The van der Waals surface area contributed by atoms with Gasteiger partial charge in [-0.05, 0) is 49.4 Å². The Morgan fingerprint density at radius 2 is 2.11 bits per heavy atom. The van der Waals surface area contributed by atoms with E-state index in [0.29, 0.717) is 18.9 Å². The zero-order chi connectivity index (χ0) is 14.3. The number of ether oxygens (including phenoxy) is 1. The second kappa shape index (κ2) is 7.50. The van der Waals surface area contributed by atoms with Crippen molar-refractivity contribution in [2.75, 3.05) is 25.7 Å². The van der Waals surface area contributed by atoms with E-state index in [1.807, 2.05) is 24.3 Å². The van der Waals surface area contributed by atoms with Gasteiger partial charge in [-0.2, -0.15) is 0 Å². The molecule has 0 saturated heterocycles. The van der Waals surface area contributed by atoms with E-state index >= 15 is 0 Å². The Kier molecular flexibility index (Phi) is 6.31. The van der Waals surface area contributed by atoms with E-state index in [9.17, 15) is 8.42 Å². The number of sulfone groups is 1. The molecule has 5 heteroatoms. The van der Waals surface area contributed by atoms with Gasteiger partial charge in [0.05, 0.1) is 7.11 Å². The molecule has 2 N–H and O–H groups in total. The molecular formula is C14H23NO3S. The van der Waals surface area contributed by atoms with Gasteiger partial charge < -0.3 is 10.5 Å². The minimum absolute atomic E-state index is 0.238. The first-order valence-electron chi connectivity index (χ1n) is 6.45. The first-order valence-corrected chi connectivity index (χ1v) is 8.51. The summed E-state index contributed by atoms with van der Waals surface area (Å²) in [5.41, 5.74) is 6.94. The fourth-order valence-electron chi connectivity index (χ4n) is 2.07. The number of rotatable bonds is 8. The summed E-state index contributed by atoms with van der Waals surface area (Å²) < 4.78 is 27.4. The van der Waals surface area contributed by atoms with Crippen LogP contribution in [0.3, 0.4) is 0 Å². The van der Waals surface area contributed by atoms with Crippen LogP contribution in [0, 0.1) is 5.92 Å².